The number of nitrogens with zero attached hydrogens (tertiary/aromatic N) is 3. The van der Waals surface area contributed by atoms with Gasteiger partial charge < -0.3 is 20.2 Å². The number of hydrogen-bond donors (Lipinski definition) is 4. The van der Waals surface area contributed by atoms with Crippen molar-refractivity contribution in [3.05, 3.63) is 78.6 Å². The van der Waals surface area contributed by atoms with Gasteiger partial charge in [-0.15, -0.1) is 11.8 Å². The lowest BCUT2D eigenvalue weighted by molar-refractivity contribution is -0.116. The van der Waals surface area contributed by atoms with Gasteiger partial charge in [0.25, 0.3) is 0 Å². The summed E-state index contributed by atoms with van der Waals surface area (Å²) in [6, 6.07) is 19.9. The molecule has 2 aromatic heterocycles. The minimum atomic E-state index is -2.40. The number of carbonyl (C=O) groups excluding carboxylic acids is 2. The van der Waals surface area contributed by atoms with E-state index in [0.717, 1.165) is 16.3 Å². The number of anilines is 3. The molecular formula is C34H44N6O4SSi. The molecule has 244 valence electrons. The molecule has 0 saturated heterocycles. The highest BCUT2D eigenvalue weighted by Gasteiger charge is 2.38. The average Bonchev–Trinajstić information content (AvgIpc) is 3.41. The average molecular weight is 661 g/mol. The number of amides is 3. The number of rotatable bonds is 11. The van der Waals surface area contributed by atoms with Crippen molar-refractivity contribution in [2.75, 3.05) is 22.2 Å². The fourth-order valence-corrected chi connectivity index (χ4v) is 5.64. The van der Waals surface area contributed by atoms with Crippen molar-refractivity contribution in [1.82, 2.24) is 14.8 Å². The summed E-state index contributed by atoms with van der Waals surface area (Å²) >= 11 is 1.47. The van der Waals surface area contributed by atoms with E-state index in [1.54, 1.807) is 35.1 Å². The molecule has 0 bridgehead atoms. The number of pyridine rings is 1. The molecule has 0 fully saturated rings. The second-order valence-corrected chi connectivity index (χ2v) is 18.6. The lowest BCUT2D eigenvalue weighted by atomic mass is 9.92. The summed E-state index contributed by atoms with van der Waals surface area (Å²) in [5.41, 5.74) is 2.12. The van der Waals surface area contributed by atoms with Gasteiger partial charge in [-0.2, -0.15) is 5.10 Å². The Hall–Kier alpha value is -4.13. The molecule has 12 heteroatoms. The third-order valence-corrected chi connectivity index (χ3v) is 12.3. The Kier molecular flexibility index (Phi) is 10.6. The first-order valence-electron chi connectivity index (χ1n) is 15.1. The van der Waals surface area contributed by atoms with Crippen LogP contribution in [-0.2, 0) is 10.2 Å². The molecule has 10 nitrogen and oxygen atoms in total. The normalized spacial score (nSPS) is 12.0. The highest BCUT2D eigenvalue weighted by atomic mass is 32.2. The van der Waals surface area contributed by atoms with Crippen LogP contribution in [0.15, 0.2) is 77.8 Å². The number of ether oxygens (including phenoxy) is 1. The number of urea groups is 1. The van der Waals surface area contributed by atoms with Crippen LogP contribution < -0.4 is 20.7 Å². The van der Waals surface area contributed by atoms with Crippen molar-refractivity contribution in [2.24, 2.45) is 0 Å². The van der Waals surface area contributed by atoms with Gasteiger partial charge >= 0.3 is 6.03 Å². The predicted molar refractivity (Wildman–Crippen MR) is 189 cm³/mol. The second kappa shape index (κ2) is 14.1. The zero-order valence-corrected chi connectivity index (χ0v) is 29.6. The van der Waals surface area contributed by atoms with Gasteiger partial charge in [-0.3, -0.25) is 10.1 Å². The van der Waals surface area contributed by atoms with Crippen LogP contribution in [0.1, 0.15) is 53.2 Å². The lowest BCUT2D eigenvalue weighted by Crippen LogP contribution is -2.39. The van der Waals surface area contributed by atoms with Crippen LogP contribution in [0, 0.1) is 0 Å². The Bertz CT molecular complexity index is 1680. The maximum atomic E-state index is 13.2. The van der Waals surface area contributed by atoms with Gasteiger partial charge in [0.2, 0.25) is 5.91 Å². The monoisotopic (exact) mass is 660 g/mol. The highest BCUT2D eigenvalue weighted by Crippen LogP contribution is 2.40. The standard InChI is InChI=1S/C34H44N6O4SSi/c1-33(2,3)28-22-30(40(39-28)23-12-10-9-11-13-23)38-32(42)36-26-15-14-24(20-27(26)45-6)44-25-17-19-35-29(21-25)37-31(41)16-18-34(4,5)46(7,8)43/h9-15,17,19-22,43H,16,18H2,1-8H3,(H,35,37,41)(H2,36,38,42). The van der Waals surface area contributed by atoms with Crippen molar-refractivity contribution < 1.29 is 19.1 Å². The molecule has 0 radical (unpaired) electrons. The molecule has 0 aliphatic rings. The Morgan fingerprint density at radius 1 is 0.935 bits per heavy atom. The molecular weight excluding hydrogens is 617 g/mol. The summed E-state index contributed by atoms with van der Waals surface area (Å²) in [7, 11) is -2.40. The molecule has 4 rings (SSSR count). The largest absolute Gasteiger partial charge is 0.457 e. The molecule has 0 saturated carbocycles. The van der Waals surface area contributed by atoms with Crippen LogP contribution in [0.25, 0.3) is 5.69 Å². The minimum Gasteiger partial charge on any atom is -0.457 e. The van der Waals surface area contributed by atoms with Gasteiger partial charge in [-0.05, 0) is 67.2 Å². The third-order valence-electron chi connectivity index (χ3n) is 8.01. The van der Waals surface area contributed by atoms with Gasteiger partial charge in [0.05, 0.1) is 17.1 Å². The molecule has 0 spiro atoms. The van der Waals surface area contributed by atoms with Crippen LogP contribution >= 0.6 is 11.8 Å². The summed E-state index contributed by atoms with van der Waals surface area (Å²) in [6.45, 7) is 14.0. The van der Waals surface area contributed by atoms with E-state index in [1.807, 2.05) is 75.7 Å². The van der Waals surface area contributed by atoms with E-state index in [0.29, 0.717) is 35.2 Å². The van der Waals surface area contributed by atoms with Crippen LogP contribution in [0.2, 0.25) is 18.1 Å². The van der Waals surface area contributed by atoms with Crippen molar-refractivity contribution in [3.63, 3.8) is 0 Å². The van der Waals surface area contributed by atoms with E-state index in [9.17, 15) is 14.4 Å². The molecule has 0 atom stereocenters. The number of para-hydroxylation sites is 1. The molecule has 3 amide bonds. The number of nitrogens with one attached hydrogen (secondary N) is 3. The van der Waals surface area contributed by atoms with Crippen molar-refractivity contribution in [3.8, 4) is 17.2 Å². The zero-order valence-electron chi connectivity index (χ0n) is 27.8. The molecule has 2 heterocycles. The van der Waals surface area contributed by atoms with Crippen LogP contribution in [-0.4, -0.2) is 46.1 Å². The number of hydrogen-bond acceptors (Lipinski definition) is 7. The third kappa shape index (κ3) is 8.99. The fraction of sp³-hybridized carbons (Fsp3) is 0.353. The van der Waals surface area contributed by atoms with Gasteiger partial charge in [0.1, 0.15) is 23.1 Å². The number of aromatic nitrogens is 3. The fourth-order valence-electron chi connectivity index (χ4n) is 4.33. The Morgan fingerprint density at radius 3 is 2.28 bits per heavy atom. The molecule has 0 aliphatic carbocycles. The Balaban J connectivity index is 1.42. The van der Waals surface area contributed by atoms with Crippen molar-refractivity contribution in [1.29, 1.82) is 0 Å². The van der Waals surface area contributed by atoms with Gasteiger partial charge in [-0.1, -0.05) is 52.8 Å². The van der Waals surface area contributed by atoms with E-state index < -0.39 is 14.3 Å². The van der Waals surface area contributed by atoms with Crippen molar-refractivity contribution in [2.45, 2.75) is 75.9 Å². The molecule has 4 aromatic rings. The van der Waals surface area contributed by atoms with Crippen LogP contribution in [0.4, 0.5) is 22.1 Å². The van der Waals surface area contributed by atoms with E-state index in [4.69, 9.17) is 9.84 Å². The summed E-state index contributed by atoms with van der Waals surface area (Å²) in [5.74, 6) is 1.83. The number of carbonyl (C=O) groups is 2. The van der Waals surface area contributed by atoms with Crippen LogP contribution in [0.5, 0.6) is 11.5 Å². The van der Waals surface area contributed by atoms with E-state index in [1.165, 1.54) is 11.8 Å². The quantitative estimate of drug-likeness (QED) is 0.0938. The Labute approximate surface area is 276 Å². The topological polar surface area (TPSA) is 130 Å². The maximum Gasteiger partial charge on any atom is 0.324 e. The van der Waals surface area contributed by atoms with E-state index in [-0.39, 0.29) is 22.8 Å². The smallest absolute Gasteiger partial charge is 0.324 e. The molecule has 0 aliphatic heterocycles. The summed E-state index contributed by atoms with van der Waals surface area (Å²) in [4.78, 5) is 41.4. The van der Waals surface area contributed by atoms with Gasteiger partial charge in [0, 0.05) is 35.1 Å². The van der Waals surface area contributed by atoms with Gasteiger partial charge in [-0.25, -0.2) is 14.5 Å². The van der Waals surface area contributed by atoms with Crippen molar-refractivity contribution >= 4 is 49.3 Å². The summed E-state index contributed by atoms with van der Waals surface area (Å²) < 4.78 is 7.82. The van der Waals surface area contributed by atoms with E-state index >= 15 is 0 Å². The van der Waals surface area contributed by atoms with E-state index in [2.05, 4.69) is 41.7 Å². The highest BCUT2D eigenvalue weighted by molar-refractivity contribution is 7.98. The maximum absolute atomic E-state index is 13.2. The number of thioether (sulfide) groups is 1. The molecule has 2 aromatic carbocycles. The van der Waals surface area contributed by atoms with Gasteiger partial charge in [0.15, 0.2) is 8.32 Å². The Morgan fingerprint density at radius 2 is 1.63 bits per heavy atom. The molecule has 4 N–H and O–H groups in total. The predicted octanol–water partition coefficient (Wildman–Crippen LogP) is 8.42. The second-order valence-electron chi connectivity index (χ2n) is 13.3. The first kappa shape index (κ1) is 34.7. The first-order valence-corrected chi connectivity index (χ1v) is 19.3. The first-order chi connectivity index (χ1) is 21.6. The molecule has 0 unspecified atom stereocenters. The lowest BCUT2D eigenvalue weighted by Gasteiger charge is -2.34. The zero-order chi connectivity index (χ0) is 33.7. The van der Waals surface area contributed by atoms with Crippen LogP contribution in [0.3, 0.4) is 0 Å². The summed E-state index contributed by atoms with van der Waals surface area (Å²) in [6.07, 6.45) is 4.35. The molecule has 46 heavy (non-hydrogen) atoms. The minimum absolute atomic E-state index is 0.171. The SMILES string of the molecule is CSc1cc(Oc2ccnc(NC(=O)CCC(C)(C)[Si](C)(C)O)c2)ccc1NC(=O)Nc1cc(C(C)(C)C)nn1-c1ccccc1. The number of benzene rings is 2. The summed E-state index contributed by atoms with van der Waals surface area (Å²) in [5, 5.41) is 13.2.